The van der Waals surface area contributed by atoms with Crippen LogP contribution in [0, 0.1) is 0 Å². The average molecular weight is 295 g/mol. The molecule has 3 aromatic carbocycles. The van der Waals surface area contributed by atoms with Crippen LogP contribution in [0.2, 0.25) is 5.02 Å². The van der Waals surface area contributed by atoms with E-state index in [1.807, 2.05) is 54.6 Å². The van der Waals surface area contributed by atoms with Gasteiger partial charge in [-0.15, -0.1) is 0 Å². The van der Waals surface area contributed by atoms with Crippen molar-refractivity contribution in [3.8, 4) is 11.1 Å². The van der Waals surface area contributed by atoms with Gasteiger partial charge in [-0.05, 0) is 34.4 Å². The largest absolute Gasteiger partial charge is 0.384 e. The zero-order chi connectivity index (χ0) is 14.7. The third-order valence-corrected chi connectivity index (χ3v) is 3.77. The minimum atomic E-state index is -0.632. The van der Waals surface area contributed by atoms with Crippen molar-refractivity contribution in [1.82, 2.24) is 0 Å². The van der Waals surface area contributed by atoms with Crippen molar-refractivity contribution < 1.29 is 5.11 Å². The van der Waals surface area contributed by atoms with Crippen LogP contribution in [0.1, 0.15) is 17.2 Å². The predicted molar refractivity (Wildman–Crippen MR) is 87.4 cm³/mol. The standard InChI is InChI=1S/C19H15ClO/c20-18-12-10-17(11-13-18)19(21)16-8-6-15(7-9-16)14-4-2-1-3-5-14/h1-13,19,21H. The molecule has 2 heteroatoms. The Balaban J connectivity index is 1.85. The number of aliphatic hydroxyl groups is 1. The summed E-state index contributed by atoms with van der Waals surface area (Å²) in [6.45, 7) is 0. The quantitative estimate of drug-likeness (QED) is 0.713. The molecule has 1 unspecified atom stereocenters. The topological polar surface area (TPSA) is 20.2 Å². The maximum Gasteiger partial charge on any atom is 0.104 e. The maximum absolute atomic E-state index is 10.4. The van der Waals surface area contributed by atoms with Crippen LogP contribution in [0.4, 0.5) is 0 Å². The Bertz CT molecular complexity index is 703. The van der Waals surface area contributed by atoms with Gasteiger partial charge in [0, 0.05) is 5.02 Å². The Morgan fingerprint density at radius 2 is 1.10 bits per heavy atom. The van der Waals surface area contributed by atoms with E-state index >= 15 is 0 Å². The highest BCUT2D eigenvalue weighted by atomic mass is 35.5. The van der Waals surface area contributed by atoms with Gasteiger partial charge in [0.1, 0.15) is 6.10 Å². The highest BCUT2D eigenvalue weighted by Gasteiger charge is 2.10. The molecule has 0 aliphatic heterocycles. The van der Waals surface area contributed by atoms with Gasteiger partial charge in [0.15, 0.2) is 0 Å². The van der Waals surface area contributed by atoms with Gasteiger partial charge in [-0.25, -0.2) is 0 Å². The van der Waals surface area contributed by atoms with Gasteiger partial charge in [0.2, 0.25) is 0 Å². The summed E-state index contributed by atoms with van der Waals surface area (Å²) in [7, 11) is 0. The highest BCUT2D eigenvalue weighted by Crippen LogP contribution is 2.26. The lowest BCUT2D eigenvalue weighted by atomic mass is 9.98. The van der Waals surface area contributed by atoms with Gasteiger partial charge in [-0.2, -0.15) is 0 Å². The Labute approximate surface area is 129 Å². The molecule has 0 heterocycles. The first-order chi connectivity index (χ1) is 10.2. The van der Waals surface area contributed by atoms with Gasteiger partial charge in [-0.3, -0.25) is 0 Å². The molecule has 0 saturated carbocycles. The SMILES string of the molecule is OC(c1ccc(Cl)cc1)c1ccc(-c2ccccc2)cc1. The number of benzene rings is 3. The van der Waals surface area contributed by atoms with Crippen LogP contribution in [0.25, 0.3) is 11.1 Å². The summed E-state index contributed by atoms with van der Waals surface area (Å²) in [6.07, 6.45) is -0.632. The molecule has 0 aromatic heterocycles. The summed E-state index contributed by atoms with van der Waals surface area (Å²) in [4.78, 5) is 0. The summed E-state index contributed by atoms with van der Waals surface area (Å²) < 4.78 is 0. The first-order valence-electron chi connectivity index (χ1n) is 6.83. The van der Waals surface area contributed by atoms with E-state index in [0.29, 0.717) is 5.02 Å². The second-order valence-corrected chi connectivity index (χ2v) is 5.38. The van der Waals surface area contributed by atoms with Crippen LogP contribution < -0.4 is 0 Å². The molecule has 0 aliphatic rings. The molecule has 21 heavy (non-hydrogen) atoms. The van der Waals surface area contributed by atoms with Crippen LogP contribution in [0.3, 0.4) is 0 Å². The molecule has 0 aliphatic carbocycles. The third kappa shape index (κ3) is 3.15. The van der Waals surface area contributed by atoms with Crippen LogP contribution in [-0.4, -0.2) is 5.11 Å². The first kappa shape index (κ1) is 13.9. The van der Waals surface area contributed by atoms with E-state index in [2.05, 4.69) is 12.1 Å². The number of hydrogen-bond acceptors (Lipinski definition) is 1. The fourth-order valence-corrected chi connectivity index (χ4v) is 2.45. The first-order valence-corrected chi connectivity index (χ1v) is 7.21. The van der Waals surface area contributed by atoms with E-state index in [0.717, 1.165) is 16.7 Å². The van der Waals surface area contributed by atoms with Gasteiger partial charge in [0.25, 0.3) is 0 Å². The van der Waals surface area contributed by atoms with E-state index in [1.165, 1.54) is 5.56 Å². The molecular weight excluding hydrogens is 280 g/mol. The van der Waals surface area contributed by atoms with Crippen molar-refractivity contribution in [2.75, 3.05) is 0 Å². The van der Waals surface area contributed by atoms with E-state index in [1.54, 1.807) is 12.1 Å². The van der Waals surface area contributed by atoms with Gasteiger partial charge >= 0.3 is 0 Å². The van der Waals surface area contributed by atoms with Crippen molar-refractivity contribution in [2.24, 2.45) is 0 Å². The molecule has 104 valence electrons. The molecule has 3 rings (SSSR count). The van der Waals surface area contributed by atoms with Gasteiger partial charge < -0.3 is 5.11 Å². The Kier molecular flexibility index (Phi) is 4.05. The molecule has 0 saturated heterocycles. The lowest BCUT2D eigenvalue weighted by molar-refractivity contribution is 0.220. The molecule has 0 fully saturated rings. The van der Waals surface area contributed by atoms with Crippen LogP contribution in [0.15, 0.2) is 78.9 Å². The third-order valence-electron chi connectivity index (χ3n) is 3.52. The van der Waals surface area contributed by atoms with E-state index in [-0.39, 0.29) is 0 Å². The monoisotopic (exact) mass is 294 g/mol. The maximum atomic E-state index is 10.4. The lowest BCUT2D eigenvalue weighted by Crippen LogP contribution is -1.99. The van der Waals surface area contributed by atoms with Crippen molar-refractivity contribution in [2.45, 2.75) is 6.10 Å². The smallest absolute Gasteiger partial charge is 0.104 e. The van der Waals surface area contributed by atoms with Gasteiger partial charge in [-0.1, -0.05) is 78.3 Å². The van der Waals surface area contributed by atoms with E-state index in [4.69, 9.17) is 11.6 Å². The fraction of sp³-hybridized carbons (Fsp3) is 0.0526. The van der Waals surface area contributed by atoms with Crippen molar-refractivity contribution in [1.29, 1.82) is 0 Å². The van der Waals surface area contributed by atoms with Gasteiger partial charge in [0.05, 0.1) is 0 Å². The van der Waals surface area contributed by atoms with E-state index in [9.17, 15) is 5.11 Å². The zero-order valence-corrected chi connectivity index (χ0v) is 12.2. The summed E-state index contributed by atoms with van der Waals surface area (Å²) >= 11 is 5.87. The van der Waals surface area contributed by atoms with Crippen molar-refractivity contribution in [3.63, 3.8) is 0 Å². The zero-order valence-electron chi connectivity index (χ0n) is 11.4. The molecule has 0 bridgehead atoms. The second-order valence-electron chi connectivity index (χ2n) is 4.94. The summed E-state index contributed by atoms with van der Waals surface area (Å²) in [5.74, 6) is 0. The molecule has 0 spiro atoms. The predicted octanol–water partition coefficient (Wildman–Crippen LogP) is 5.09. The fourth-order valence-electron chi connectivity index (χ4n) is 2.33. The minimum absolute atomic E-state index is 0.632. The highest BCUT2D eigenvalue weighted by molar-refractivity contribution is 6.30. The number of rotatable bonds is 3. The summed E-state index contributed by atoms with van der Waals surface area (Å²) in [6, 6.07) is 25.4. The molecule has 1 N–H and O–H groups in total. The van der Waals surface area contributed by atoms with E-state index < -0.39 is 6.10 Å². The average Bonchev–Trinajstić information content (AvgIpc) is 2.56. The molecule has 1 nitrogen and oxygen atoms in total. The van der Waals surface area contributed by atoms with Crippen LogP contribution in [-0.2, 0) is 0 Å². The number of aliphatic hydroxyl groups excluding tert-OH is 1. The van der Waals surface area contributed by atoms with Crippen LogP contribution in [0.5, 0.6) is 0 Å². The normalized spacial score (nSPS) is 12.1. The number of halogens is 1. The molecule has 1 atom stereocenters. The Morgan fingerprint density at radius 3 is 1.67 bits per heavy atom. The summed E-state index contributed by atoms with van der Waals surface area (Å²) in [5.41, 5.74) is 4.02. The van der Waals surface area contributed by atoms with Crippen molar-refractivity contribution in [3.05, 3.63) is 95.0 Å². The minimum Gasteiger partial charge on any atom is -0.384 e. The Hall–Kier alpha value is -2.09. The lowest BCUT2D eigenvalue weighted by Gasteiger charge is -2.12. The molecular formula is C19H15ClO. The van der Waals surface area contributed by atoms with Crippen molar-refractivity contribution >= 4 is 11.6 Å². The Morgan fingerprint density at radius 1 is 0.619 bits per heavy atom. The molecule has 3 aromatic rings. The molecule has 0 amide bonds. The number of hydrogen-bond donors (Lipinski definition) is 1. The molecule has 0 radical (unpaired) electrons. The van der Waals surface area contributed by atoms with Crippen LogP contribution >= 0.6 is 11.6 Å². The summed E-state index contributed by atoms with van der Waals surface area (Å²) in [5, 5.41) is 11.1. The second kappa shape index (κ2) is 6.13.